The Kier molecular flexibility index (Phi) is 6.22. The molecular formula is C21H25ClFNO4. The molecule has 0 saturated heterocycles. The van der Waals surface area contributed by atoms with Crippen LogP contribution in [0.25, 0.3) is 0 Å². The first-order chi connectivity index (χ1) is 13.3. The normalized spacial score (nSPS) is 17.5. The Bertz CT molecular complexity index is 802. The molecule has 0 saturated carbocycles. The van der Waals surface area contributed by atoms with E-state index in [1.807, 2.05) is 6.92 Å². The summed E-state index contributed by atoms with van der Waals surface area (Å²) in [5.74, 6) is -1.51. The second-order valence-electron chi connectivity index (χ2n) is 7.86. The molecule has 0 aromatic heterocycles. The molecular weight excluding hydrogens is 385 g/mol. The van der Waals surface area contributed by atoms with Crippen LogP contribution in [0.3, 0.4) is 0 Å². The average molecular weight is 410 g/mol. The van der Waals surface area contributed by atoms with Gasteiger partial charge >= 0.3 is 0 Å². The number of imide groups is 1. The van der Waals surface area contributed by atoms with Crippen LogP contribution in [0.15, 0.2) is 23.3 Å². The van der Waals surface area contributed by atoms with E-state index in [4.69, 9.17) is 21.1 Å². The standard InChI is InChI=1S/C21H25ClFNO4/c1-21(11-27-2,12-28-3)10-13-8-18(17(23)9-16(13)22)24-19(25)14-6-4-5-7-15(14)20(24)26/h8-9H,4-7,10-12H2,1-3H3. The summed E-state index contributed by atoms with van der Waals surface area (Å²) in [6.07, 6.45) is 3.32. The summed E-state index contributed by atoms with van der Waals surface area (Å²) in [7, 11) is 3.20. The van der Waals surface area contributed by atoms with Crippen molar-refractivity contribution in [3.63, 3.8) is 0 Å². The Balaban J connectivity index is 1.96. The molecule has 0 unspecified atom stereocenters. The van der Waals surface area contributed by atoms with E-state index < -0.39 is 23.0 Å². The van der Waals surface area contributed by atoms with Crippen LogP contribution in [0.1, 0.15) is 38.2 Å². The number of benzene rings is 1. The fourth-order valence-electron chi connectivity index (χ4n) is 4.15. The number of nitrogens with zero attached hydrogens (tertiary/aromatic N) is 1. The fourth-order valence-corrected chi connectivity index (χ4v) is 4.36. The quantitative estimate of drug-likeness (QED) is 0.637. The molecule has 0 N–H and O–H groups in total. The van der Waals surface area contributed by atoms with Crippen molar-refractivity contribution in [1.29, 1.82) is 0 Å². The van der Waals surface area contributed by atoms with Gasteiger partial charge in [-0.05, 0) is 49.8 Å². The molecule has 7 heteroatoms. The average Bonchev–Trinajstić information content (AvgIpc) is 2.89. The highest BCUT2D eigenvalue weighted by Crippen LogP contribution is 2.39. The molecule has 0 atom stereocenters. The summed E-state index contributed by atoms with van der Waals surface area (Å²) in [6.45, 7) is 2.81. The number of halogens is 2. The molecule has 0 spiro atoms. The van der Waals surface area contributed by atoms with E-state index >= 15 is 0 Å². The van der Waals surface area contributed by atoms with Crippen molar-refractivity contribution < 1.29 is 23.5 Å². The smallest absolute Gasteiger partial charge is 0.261 e. The first kappa shape index (κ1) is 21.0. The molecule has 2 aliphatic rings. The molecule has 0 bridgehead atoms. The van der Waals surface area contributed by atoms with Gasteiger partial charge in [-0.25, -0.2) is 9.29 Å². The lowest BCUT2D eigenvalue weighted by Crippen LogP contribution is -2.33. The van der Waals surface area contributed by atoms with Crippen molar-refractivity contribution in [2.45, 2.75) is 39.0 Å². The number of methoxy groups -OCH3 is 2. The van der Waals surface area contributed by atoms with E-state index in [1.54, 1.807) is 14.2 Å². The van der Waals surface area contributed by atoms with E-state index in [-0.39, 0.29) is 10.7 Å². The third-order valence-electron chi connectivity index (χ3n) is 5.35. The Labute approximate surface area is 169 Å². The SMILES string of the molecule is COCC(C)(COC)Cc1cc(N2C(=O)C3=C(CCCC3)C2=O)c(F)cc1Cl. The number of amides is 2. The molecule has 1 heterocycles. The van der Waals surface area contributed by atoms with Crippen molar-refractivity contribution in [2.24, 2.45) is 5.41 Å². The molecule has 152 valence electrons. The van der Waals surface area contributed by atoms with Crippen molar-refractivity contribution in [1.82, 2.24) is 0 Å². The maximum atomic E-state index is 14.7. The number of carbonyl (C=O) groups is 2. The molecule has 0 fully saturated rings. The van der Waals surface area contributed by atoms with Crippen LogP contribution < -0.4 is 4.90 Å². The minimum absolute atomic E-state index is 0.0408. The zero-order valence-electron chi connectivity index (χ0n) is 16.4. The van der Waals surface area contributed by atoms with Crippen LogP contribution in [0.5, 0.6) is 0 Å². The Morgan fingerprint density at radius 1 is 1.07 bits per heavy atom. The first-order valence-electron chi connectivity index (χ1n) is 9.38. The summed E-state index contributed by atoms with van der Waals surface area (Å²) in [6, 6.07) is 2.68. The van der Waals surface area contributed by atoms with Crippen molar-refractivity contribution >= 4 is 29.1 Å². The zero-order chi connectivity index (χ0) is 20.5. The minimum Gasteiger partial charge on any atom is -0.384 e. The van der Waals surface area contributed by atoms with E-state index in [0.717, 1.165) is 17.7 Å². The van der Waals surface area contributed by atoms with Crippen LogP contribution in [0, 0.1) is 11.2 Å². The maximum Gasteiger partial charge on any atom is 0.261 e. The molecule has 3 rings (SSSR count). The molecule has 1 aliphatic carbocycles. The minimum atomic E-state index is -0.685. The summed E-state index contributed by atoms with van der Waals surface area (Å²) in [5, 5.41) is 0.247. The van der Waals surface area contributed by atoms with Crippen LogP contribution in [0.2, 0.25) is 5.02 Å². The van der Waals surface area contributed by atoms with Crippen molar-refractivity contribution in [2.75, 3.05) is 32.3 Å². The Morgan fingerprint density at radius 2 is 1.61 bits per heavy atom. The summed E-state index contributed by atoms with van der Waals surface area (Å²) < 4.78 is 25.3. The Morgan fingerprint density at radius 3 is 2.11 bits per heavy atom. The third-order valence-corrected chi connectivity index (χ3v) is 5.70. The number of carbonyl (C=O) groups excluding carboxylic acids is 2. The second-order valence-corrected chi connectivity index (χ2v) is 8.27. The van der Waals surface area contributed by atoms with Crippen LogP contribution in [-0.4, -0.2) is 39.2 Å². The molecule has 5 nitrogen and oxygen atoms in total. The van der Waals surface area contributed by atoms with E-state index in [1.165, 1.54) is 12.1 Å². The van der Waals surface area contributed by atoms with Crippen molar-refractivity contribution in [3.8, 4) is 0 Å². The highest BCUT2D eigenvalue weighted by Gasteiger charge is 2.41. The van der Waals surface area contributed by atoms with Gasteiger partial charge in [0, 0.05) is 35.8 Å². The lowest BCUT2D eigenvalue weighted by molar-refractivity contribution is -0.120. The molecule has 28 heavy (non-hydrogen) atoms. The highest BCUT2D eigenvalue weighted by atomic mass is 35.5. The van der Waals surface area contributed by atoms with Crippen LogP contribution in [0.4, 0.5) is 10.1 Å². The molecule has 1 aliphatic heterocycles. The number of rotatable bonds is 7. The first-order valence-corrected chi connectivity index (χ1v) is 9.75. The van der Waals surface area contributed by atoms with Gasteiger partial charge in [0.15, 0.2) is 0 Å². The Hall–Kier alpha value is -1.76. The monoisotopic (exact) mass is 409 g/mol. The lowest BCUT2D eigenvalue weighted by atomic mass is 9.85. The van der Waals surface area contributed by atoms with Gasteiger partial charge in [-0.1, -0.05) is 18.5 Å². The van der Waals surface area contributed by atoms with E-state index in [9.17, 15) is 14.0 Å². The largest absolute Gasteiger partial charge is 0.384 e. The van der Waals surface area contributed by atoms with Gasteiger partial charge in [0.25, 0.3) is 11.8 Å². The van der Waals surface area contributed by atoms with Gasteiger partial charge in [-0.2, -0.15) is 0 Å². The maximum absolute atomic E-state index is 14.7. The third kappa shape index (κ3) is 3.86. The number of ether oxygens (including phenoxy) is 2. The topological polar surface area (TPSA) is 55.8 Å². The van der Waals surface area contributed by atoms with Gasteiger partial charge in [0.1, 0.15) is 5.82 Å². The number of hydrogen-bond acceptors (Lipinski definition) is 4. The van der Waals surface area contributed by atoms with E-state index in [2.05, 4.69) is 0 Å². The number of hydrogen-bond donors (Lipinski definition) is 0. The summed E-state index contributed by atoms with van der Waals surface area (Å²) in [5.41, 5.74) is 1.26. The van der Waals surface area contributed by atoms with Gasteiger partial charge in [-0.3, -0.25) is 9.59 Å². The zero-order valence-corrected chi connectivity index (χ0v) is 17.2. The number of anilines is 1. The van der Waals surface area contributed by atoms with Crippen molar-refractivity contribution in [3.05, 3.63) is 39.7 Å². The van der Waals surface area contributed by atoms with Gasteiger partial charge in [-0.15, -0.1) is 0 Å². The molecule has 0 radical (unpaired) electrons. The fraction of sp³-hybridized carbons (Fsp3) is 0.524. The summed E-state index contributed by atoms with van der Waals surface area (Å²) >= 11 is 6.29. The second kappa shape index (κ2) is 8.31. The van der Waals surface area contributed by atoms with Crippen LogP contribution >= 0.6 is 11.6 Å². The molecule has 1 aromatic rings. The summed E-state index contributed by atoms with van der Waals surface area (Å²) in [4.78, 5) is 26.6. The predicted molar refractivity (Wildman–Crippen MR) is 105 cm³/mol. The van der Waals surface area contributed by atoms with Crippen LogP contribution in [-0.2, 0) is 25.5 Å². The molecule has 2 amide bonds. The van der Waals surface area contributed by atoms with Gasteiger partial charge < -0.3 is 9.47 Å². The van der Waals surface area contributed by atoms with E-state index in [0.29, 0.717) is 49.2 Å². The lowest BCUT2D eigenvalue weighted by Gasteiger charge is -2.29. The predicted octanol–water partition coefficient (Wildman–Crippen LogP) is 4.06. The van der Waals surface area contributed by atoms with Gasteiger partial charge in [0.05, 0.1) is 18.9 Å². The molecule has 1 aromatic carbocycles. The highest BCUT2D eigenvalue weighted by molar-refractivity contribution is 6.34. The van der Waals surface area contributed by atoms with Gasteiger partial charge in [0.2, 0.25) is 0 Å².